The molecule has 0 unspecified atom stereocenters. The van der Waals surface area contributed by atoms with Crippen LogP contribution in [0, 0.1) is 20.8 Å². The Morgan fingerprint density at radius 3 is 2.44 bits per heavy atom. The van der Waals surface area contributed by atoms with Crippen LogP contribution >= 0.6 is 11.3 Å². The fourth-order valence-corrected chi connectivity index (χ4v) is 2.80. The molecule has 0 bridgehead atoms. The Balaban J connectivity index is 2.56. The van der Waals surface area contributed by atoms with E-state index in [0.29, 0.717) is 0 Å². The molecule has 2 aromatic rings. The van der Waals surface area contributed by atoms with Crippen molar-refractivity contribution in [3.8, 4) is 17.0 Å². The monoisotopic (exact) mass is 262 g/mol. The zero-order valence-corrected chi connectivity index (χ0v) is 12.2. The van der Waals surface area contributed by atoms with Gasteiger partial charge < -0.3 is 10.1 Å². The van der Waals surface area contributed by atoms with Gasteiger partial charge in [0.1, 0.15) is 5.75 Å². The molecule has 0 saturated carbocycles. The second-order valence-electron chi connectivity index (χ2n) is 4.31. The highest BCUT2D eigenvalue weighted by Crippen LogP contribution is 2.34. The molecule has 0 amide bonds. The van der Waals surface area contributed by atoms with Gasteiger partial charge in [0.05, 0.1) is 12.8 Å². The van der Waals surface area contributed by atoms with Crippen LogP contribution in [0.4, 0.5) is 5.13 Å². The molecule has 0 radical (unpaired) electrons. The fraction of sp³-hybridized carbons (Fsp3) is 0.357. The van der Waals surface area contributed by atoms with E-state index in [9.17, 15) is 0 Å². The summed E-state index contributed by atoms with van der Waals surface area (Å²) in [6, 6.07) is 4.22. The van der Waals surface area contributed by atoms with E-state index in [1.807, 2.05) is 7.05 Å². The first-order chi connectivity index (χ1) is 8.56. The normalized spacial score (nSPS) is 10.5. The van der Waals surface area contributed by atoms with Crippen LogP contribution in [0.3, 0.4) is 0 Å². The van der Waals surface area contributed by atoms with E-state index >= 15 is 0 Å². The minimum absolute atomic E-state index is 0.929. The molecule has 1 aromatic heterocycles. The largest absolute Gasteiger partial charge is 0.496 e. The molecular formula is C14H18N2OS. The molecule has 0 aliphatic heterocycles. The molecule has 0 saturated heterocycles. The zero-order valence-electron chi connectivity index (χ0n) is 11.4. The van der Waals surface area contributed by atoms with Gasteiger partial charge >= 0.3 is 0 Å². The topological polar surface area (TPSA) is 34.2 Å². The van der Waals surface area contributed by atoms with E-state index in [2.05, 4.69) is 43.2 Å². The van der Waals surface area contributed by atoms with E-state index in [1.54, 1.807) is 18.4 Å². The average Bonchev–Trinajstić information content (AvgIpc) is 2.73. The molecule has 18 heavy (non-hydrogen) atoms. The molecule has 2 rings (SSSR count). The summed E-state index contributed by atoms with van der Waals surface area (Å²) in [6.07, 6.45) is 0. The van der Waals surface area contributed by atoms with Gasteiger partial charge in [-0.2, -0.15) is 0 Å². The zero-order chi connectivity index (χ0) is 13.3. The quantitative estimate of drug-likeness (QED) is 0.914. The van der Waals surface area contributed by atoms with Gasteiger partial charge in [0, 0.05) is 17.5 Å². The number of rotatable bonds is 3. The van der Waals surface area contributed by atoms with Crippen molar-refractivity contribution in [3.63, 3.8) is 0 Å². The molecule has 3 nitrogen and oxygen atoms in total. The molecule has 1 heterocycles. The number of hydrogen-bond donors (Lipinski definition) is 1. The summed E-state index contributed by atoms with van der Waals surface area (Å²) in [5, 5.41) is 4.05. The molecule has 0 fully saturated rings. The van der Waals surface area contributed by atoms with Gasteiger partial charge in [0.2, 0.25) is 0 Å². The van der Waals surface area contributed by atoms with Gasteiger partial charge in [-0.15, -0.1) is 11.3 Å². The van der Waals surface area contributed by atoms with Crippen molar-refractivity contribution >= 4 is 16.5 Å². The summed E-state index contributed by atoms with van der Waals surface area (Å²) in [4.78, 5) is 5.85. The Bertz CT molecular complexity index is 575. The van der Waals surface area contributed by atoms with Crippen molar-refractivity contribution in [2.45, 2.75) is 20.8 Å². The highest BCUT2D eigenvalue weighted by Gasteiger charge is 2.13. The van der Waals surface area contributed by atoms with Crippen molar-refractivity contribution in [1.82, 2.24) is 4.98 Å². The van der Waals surface area contributed by atoms with Gasteiger partial charge in [-0.3, -0.25) is 0 Å². The van der Waals surface area contributed by atoms with Crippen LogP contribution in [0.5, 0.6) is 5.75 Å². The minimum atomic E-state index is 0.929. The SMILES string of the molecule is CNc1nc(-c2cc(C)c(OC)cc2C)c(C)s1. The number of aromatic nitrogens is 1. The number of nitrogens with one attached hydrogen (secondary N) is 1. The summed E-state index contributed by atoms with van der Waals surface area (Å²) in [5.41, 5.74) is 4.57. The first-order valence-electron chi connectivity index (χ1n) is 5.87. The fourth-order valence-electron chi connectivity index (χ4n) is 2.02. The van der Waals surface area contributed by atoms with Crippen molar-refractivity contribution in [2.75, 3.05) is 19.5 Å². The third-order valence-electron chi connectivity index (χ3n) is 3.01. The summed E-state index contributed by atoms with van der Waals surface area (Å²) < 4.78 is 5.34. The third-order valence-corrected chi connectivity index (χ3v) is 4.00. The molecule has 4 heteroatoms. The van der Waals surface area contributed by atoms with Crippen molar-refractivity contribution in [1.29, 1.82) is 0 Å². The maximum absolute atomic E-state index is 5.34. The Morgan fingerprint density at radius 2 is 1.89 bits per heavy atom. The maximum Gasteiger partial charge on any atom is 0.183 e. The van der Waals surface area contributed by atoms with Gasteiger partial charge in [-0.05, 0) is 44.0 Å². The van der Waals surface area contributed by atoms with Gasteiger partial charge in [0.15, 0.2) is 5.13 Å². The molecule has 0 atom stereocenters. The number of benzene rings is 1. The molecule has 1 N–H and O–H groups in total. The van der Waals surface area contributed by atoms with Gasteiger partial charge in [-0.1, -0.05) is 0 Å². The average molecular weight is 262 g/mol. The first kappa shape index (κ1) is 12.9. The van der Waals surface area contributed by atoms with Crippen LogP contribution < -0.4 is 10.1 Å². The number of nitrogens with zero attached hydrogens (tertiary/aromatic N) is 1. The van der Waals surface area contributed by atoms with E-state index in [0.717, 1.165) is 22.1 Å². The van der Waals surface area contributed by atoms with E-state index in [-0.39, 0.29) is 0 Å². The summed E-state index contributed by atoms with van der Waals surface area (Å²) in [5.74, 6) is 0.929. The van der Waals surface area contributed by atoms with Crippen LogP contribution in [0.1, 0.15) is 16.0 Å². The highest BCUT2D eigenvalue weighted by atomic mass is 32.1. The Kier molecular flexibility index (Phi) is 3.57. The lowest BCUT2D eigenvalue weighted by atomic mass is 10.0. The van der Waals surface area contributed by atoms with Crippen molar-refractivity contribution in [3.05, 3.63) is 28.1 Å². The van der Waals surface area contributed by atoms with Crippen LogP contribution in [0.25, 0.3) is 11.3 Å². The van der Waals surface area contributed by atoms with Crippen LogP contribution in [0.15, 0.2) is 12.1 Å². The standard InChI is InChI=1S/C14H18N2OS/c1-8-7-12(17-5)9(2)6-11(8)13-10(3)18-14(15-4)16-13/h6-7H,1-5H3,(H,15,16). The number of methoxy groups -OCH3 is 1. The second-order valence-corrected chi connectivity index (χ2v) is 5.51. The minimum Gasteiger partial charge on any atom is -0.496 e. The number of hydrogen-bond acceptors (Lipinski definition) is 4. The van der Waals surface area contributed by atoms with Crippen molar-refractivity contribution in [2.24, 2.45) is 0 Å². The molecule has 0 aliphatic carbocycles. The van der Waals surface area contributed by atoms with E-state index < -0.39 is 0 Å². The Morgan fingerprint density at radius 1 is 1.17 bits per heavy atom. The van der Waals surface area contributed by atoms with Gasteiger partial charge in [0.25, 0.3) is 0 Å². The lowest BCUT2D eigenvalue weighted by molar-refractivity contribution is 0.411. The van der Waals surface area contributed by atoms with Crippen LogP contribution in [-0.4, -0.2) is 19.1 Å². The molecule has 0 aliphatic rings. The number of aryl methyl sites for hydroxylation is 3. The van der Waals surface area contributed by atoms with E-state index in [4.69, 9.17) is 4.74 Å². The Labute approximate surface area is 112 Å². The van der Waals surface area contributed by atoms with E-state index in [1.165, 1.54) is 16.0 Å². The molecule has 1 aromatic carbocycles. The third kappa shape index (κ3) is 2.20. The summed E-state index contributed by atoms with van der Waals surface area (Å²) in [6.45, 7) is 6.25. The molecule has 0 spiro atoms. The first-order valence-corrected chi connectivity index (χ1v) is 6.69. The highest BCUT2D eigenvalue weighted by molar-refractivity contribution is 7.15. The summed E-state index contributed by atoms with van der Waals surface area (Å²) >= 11 is 1.68. The van der Waals surface area contributed by atoms with Crippen LogP contribution in [0.2, 0.25) is 0 Å². The second kappa shape index (κ2) is 4.98. The summed E-state index contributed by atoms with van der Waals surface area (Å²) in [7, 11) is 3.60. The maximum atomic E-state index is 5.34. The number of ether oxygens (including phenoxy) is 1. The van der Waals surface area contributed by atoms with Crippen LogP contribution in [-0.2, 0) is 0 Å². The lowest BCUT2D eigenvalue weighted by Crippen LogP contribution is -1.93. The lowest BCUT2D eigenvalue weighted by Gasteiger charge is -2.10. The predicted molar refractivity (Wildman–Crippen MR) is 77.9 cm³/mol. The van der Waals surface area contributed by atoms with Gasteiger partial charge in [-0.25, -0.2) is 4.98 Å². The predicted octanol–water partition coefficient (Wildman–Crippen LogP) is 3.79. The van der Waals surface area contributed by atoms with Crippen molar-refractivity contribution < 1.29 is 4.74 Å². The molecule has 96 valence electrons. The number of thiazole rings is 1. The number of anilines is 1. The molecular weight excluding hydrogens is 244 g/mol. The Hall–Kier alpha value is -1.55. The smallest absolute Gasteiger partial charge is 0.183 e.